The molecule has 1 fully saturated rings. The summed E-state index contributed by atoms with van der Waals surface area (Å²) in [5.41, 5.74) is 4.18. The van der Waals surface area contributed by atoms with E-state index in [2.05, 4.69) is 52.9 Å². The molecule has 1 aromatic heterocycles. The van der Waals surface area contributed by atoms with Crippen molar-refractivity contribution in [2.75, 3.05) is 0 Å². The van der Waals surface area contributed by atoms with Gasteiger partial charge in [-0.2, -0.15) is 0 Å². The molecule has 0 aromatic carbocycles. The fraction of sp³-hybridized carbons (Fsp3) is 0.765. The molecule has 18 heavy (non-hydrogen) atoms. The molecule has 0 nitrogen and oxygen atoms in total. The van der Waals surface area contributed by atoms with E-state index in [-0.39, 0.29) is 0 Å². The zero-order valence-corrected chi connectivity index (χ0v) is 13.5. The van der Waals surface area contributed by atoms with Crippen LogP contribution < -0.4 is 0 Å². The lowest BCUT2D eigenvalue weighted by molar-refractivity contribution is 0.278. The van der Waals surface area contributed by atoms with E-state index >= 15 is 0 Å². The third-order valence-electron chi connectivity index (χ3n) is 4.66. The van der Waals surface area contributed by atoms with Gasteiger partial charge in [0, 0.05) is 9.75 Å². The van der Waals surface area contributed by atoms with Gasteiger partial charge in [0.15, 0.2) is 0 Å². The van der Waals surface area contributed by atoms with Crippen molar-refractivity contribution < 1.29 is 0 Å². The second kappa shape index (κ2) is 3.62. The molecule has 1 heteroatoms. The van der Waals surface area contributed by atoms with Crippen LogP contribution in [-0.2, 0) is 17.3 Å². The maximum atomic E-state index is 2.39. The minimum absolute atomic E-state index is 0.321. The van der Waals surface area contributed by atoms with Gasteiger partial charge in [-0.3, -0.25) is 0 Å². The highest BCUT2D eigenvalue weighted by Crippen LogP contribution is 2.58. The minimum Gasteiger partial charge on any atom is -0.144 e. The van der Waals surface area contributed by atoms with Gasteiger partial charge in [0.2, 0.25) is 0 Å². The standard InChI is InChI=1S/C17H26S/c1-16(2,3)14-12-9-10-7-8-11(10)13(12)15(18-14)17(4,5)6/h10-11H,7-9H2,1-6H3. The molecular weight excluding hydrogens is 236 g/mol. The van der Waals surface area contributed by atoms with Crippen LogP contribution in [0, 0.1) is 5.92 Å². The lowest BCUT2D eigenvalue weighted by atomic mass is 9.73. The summed E-state index contributed by atoms with van der Waals surface area (Å²) < 4.78 is 0. The molecule has 2 aliphatic carbocycles. The third-order valence-corrected chi connectivity index (χ3v) is 6.76. The smallest absolute Gasteiger partial charge is 0.0140 e. The van der Waals surface area contributed by atoms with Crippen molar-refractivity contribution in [1.29, 1.82) is 0 Å². The first-order valence-corrected chi connectivity index (χ1v) is 8.18. The van der Waals surface area contributed by atoms with Crippen LogP contribution >= 0.6 is 11.3 Å². The highest BCUT2D eigenvalue weighted by Gasteiger charge is 2.45. The first-order chi connectivity index (χ1) is 8.19. The van der Waals surface area contributed by atoms with Crippen LogP contribution in [0.15, 0.2) is 0 Å². The van der Waals surface area contributed by atoms with Gasteiger partial charge in [-0.05, 0) is 53.1 Å². The molecule has 0 bridgehead atoms. The summed E-state index contributed by atoms with van der Waals surface area (Å²) in [6.07, 6.45) is 4.29. The molecule has 3 rings (SSSR count). The van der Waals surface area contributed by atoms with E-state index in [0.29, 0.717) is 10.8 Å². The van der Waals surface area contributed by atoms with Gasteiger partial charge in [0.05, 0.1) is 0 Å². The average Bonchev–Trinajstić information content (AvgIpc) is 2.59. The van der Waals surface area contributed by atoms with E-state index in [1.807, 2.05) is 0 Å². The van der Waals surface area contributed by atoms with Crippen molar-refractivity contribution >= 4 is 11.3 Å². The Balaban J connectivity index is 2.18. The normalized spacial score (nSPS) is 26.8. The average molecular weight is 262 g/mol. The fourth-order valence-corrected chi connectivity index (χ4v) is 5.21. The largest absolute Gasteiger partial charge is 0.144 e. The van der Waals surface area contributed by atoms with Crippen LogP contribution in [0.5, 0.6) is 0 Å². The number of hydrogen-bond acceptors (Lipinski definition) is 1. The number of fused-ring (bicyclic) bond motifs is 3. The SMILES string of the molecule is CC(C)(C)c1sc(C(C)(C)C)c2c1CC1CCC21. The van der Waals surface area contributed by atoms with Crippen LogP contribution in [-0.4, -0.2) is 0 Å². The van der Waals surface area contributed by atoms with Gasteiger partial charge in [0.25, 0.3) is 0 Å². The fourth-order valence-electron chi connectivity index (χ4n) is 3.69. The second-order valence-corrected chi connectivity index (χ2v) is 9.32. The van der Waals surface area contributed by atoms with Gasteiger partial charge >= 0.3 is 0 Å². The number of rotatable bonds is 0. The van der Waals surface area contributed by atoms with Gasteiger partial charge < -0.3 is 0 Å². The van der Waals surface area contributed by atoms with Gasteiger partial charge in [0.1, 0.15) is 0 Å². The Labute approximate surface area is 116 Å². The number of thiophene rings is 1. The molecule has 0 N–H and O–H groups in total. The lowest BCUT2D eigenvalue weighted by Crippen LogP contribution is -2.22. The highest BCUT2D eigenvalue weighted by atomic mass is 32.1. The highest BCUT2D eigenvalue weighted by molar-refractivity contribution is 7.12. The summed E-state index contributed by atoms with van der Waals surface area (Å²) in [6.45, 7) is 14.3. The summed E-state index contributed by atoms with van der Waals surface area (Å²) in [7, 11) is 0. The molecule has 0 aliphatic heterocycles. The summed E-state index contributed by atoms with van der Waals surface area (Å²) in [6, 6.07) is 0. The predicted molar refractivity (Wildman–Crippen MR) is 80.9 cm³/mol. The monoisotopic (exact) mass is 262 g/mol. The van der Waals surface area contributed by atoms with Gasteiger partial charge in [-0.1, -0.05) is 41.5 Å². The van der Waals surface area contributed by atoms with E-state index in [1.54, 1.807) is 20.9 Å². The molecule has 0 radical (unpaired) electrons. The number of hydrogen-bond donors (Lipinski definition) is 0. The van der Waals surface area contributed by atoms with Crippen LogP contribution in [0.1, 0.15) is 81.2 Å². The van der Waals surface area contributed by atoms with E-state index < -0.39 is 0 Å². The molecule has 0 amide bonds. The second-order valence-electron chi connectivity index (χ2n) is 8.30. The van der Waals surface area contributed by atoms with Crippen molar-refractivity contribution in [3.63, 3.8) is 0 Å². The maximum absolute atomic E-state index is 2.39. The van der Waals surface area contributed by atoms with E-state index in [1.165, 1.54) is 19.3 Å². The summed E-state index contributed by atoms with van der Waals surface area (Å²) >= 11 is 2.12. The van der Waals surface area contributed by atoms with Gasteiger partial charge in [-0.25, -0.2) is 0 Å². The Hall–Kier alpha value is -0.300. The Kier molecular flexibility index (Phi) is 2.56. The van der Waals surface area contributed by atoms with E-state index in [0.717, 1.165) is 11.8 Å². The van der Waals surface area contributed by atoms with Crippen molar-refractivity contribution in [3.05, 3.63) is 20.9 Å². The molecule has 1 saturated carbocycles. The third kappa shape index (κ3) is 1.70. The maximum Gasteiger partial charge on any atom is 0.0140 e. The molecule has 1 aromatic rings. The van der Waals surface area contributed by atoms with E-state index in [4.69, 9.17) is 0 Å². The van der Waals surface area contributed by atoms with Crippen LogP contribution in [0.4, 0.5) is 0 Å². The summed E-state index contributed by atoms with van der Waals surface area (Å²) in [5.74, 6) is 1.91. The molecule has 1 heterocycles. The van der Waals surface area contributed by atoms with E-state index in [9.17, 15) is 0 Å². The van der Waals surface area contributed by atoms with Crippen LogP contribution in [0.25, 0.3) is 0 Å². The molecule has 2 aliphatic rings. The van der Waals surface area contributed by atoms with Crippen molar-refractivity contribution in [3.8, 4) is 0 Å². The predicted octanol–water partition coefficient (Wildman–Crippen LogP) is 5.39. The minimum atomic E-state index is 0.321. The van der Waals surface area contributed by atoms with Crippen LogP contribution in [0.2, 0.25) is 0 Å². The molecular formula is C17H26S. The lowest BCUT2D eigenvalue weighted by Gasteiger charge is -2.33. The quantitative estimate of drug-likeness (QED) is 0.588. The molecule has 100 valence electrons. The first-order valence-electron chi connectivity index (χ1n) is 7.36. The van der Waals surface area contributed by atoms with Crippen molar-refractivity contribution in [1.82, 2.24) is 0 Å². The molecule has 2 atom stereocenters. The Morgan fingerprint density at radius 3 is 1.94 bits per heavy atom. The Morgan fingerprint density at radius 2 is 1.50 bits per heavy atom. The Morgan fingerprint density at radius 1 is 0.889 bits per heavy atom. The van der Waals surface area contributed by atoms with Crippen molar-refractivity contribution in [2.45, 2.75) is 77.6 Å². The van der Waals surface area contributed by atoms with Gasteiger partial charge in [-0.15, -0.1) is 11.3 Å². The van der Waals surface area contributed by atoms with Crippen molar-refractivity contribution in [2.24, 2.45) is 5.92 Å². The van der Waals surface area contributed by atoms with Crippen LogP contribution in [0.3, 0.4) is 0 Å². The molecule has 0 spiro atoms. The summed E-state index contributed by atoms with van der Waals surface area (Å²) in [4.78, 5) is 3.37. The summed E-state index contributed by atoms with van der Waals surface area (Å²) in [5, 5.41) is 0. The zero-order chi connectivity index (χ0) is 13.3. The Bertz CT molecular complexity index is 479. The molecule has 2 unspecified atom stereocenters. The molecule has 0 saturated heterocycles. The first kappa shape index (κ1) is 12.7. The topological polar surface area (TPSA) is 0 Å². The zero-order valence-electron chi connectivity index (χ0n) is 12.7.